The fourth-order valence-corrected chi connectivity index (χ4v) is 8.60. The number of hydrogen-bond acceptors (Lipinski definition) is 7. The van der Waals surface area contributed by atoms with Gasteiger partial charge in [0.15, 0.2) is 17.5 Å². The maximum atomic E-state index is 13.9. The number of aliphatic hydroxyl groups excluding tert-OH is 1. The zero-order chi connectivity index (χ0) is 28.8. The lowest BCUT2D eigenvalue weighted by molar-refractivity contribution is -0.251. The molecule has 6 rings (SSSR count). The monoisotopic (exact) mass is 560 g/mol. The van der Waals surface area contributed by atoms with E-state index in [1.54, 1.807) is 0 Å². The van der Waals surface area contributed by atoms with Crippen molar-refractivity contribution in [2.45, 2.75) is 64.2 Å². The fraction of sp³-hybridized carbons (Fsp3) is 0.567. The summed E-state index contributed by atoms with van der Waals surface area (Å²) in [6, 6.07) is 4.27. The average molecular weight is 561 g/mol. The molecule has 7 nitrogen and oxygen atoms in total. The normalized spacial score (nSPS) is 39.9. The Kier molecular flexibility index (Phi) is 5.96. The van der Waals surface area contributed by atoms with Crippen LogP contribution in [0.3, 0.4) is 0 Å². The Morgan fingerprint density at radius 1 is 1.15 bits per heavy atom. The van der Waals surface area contributed by atoms with E-state index in [1.165, 1.54) is 18.2 Å². The first kappa shape index (κ1) is 27.2. The van der Waals surface area contributed by atoms with E-state index in [9.17, 15) is 32.7 Å². The van der Waals surface area contributed by atoms with E-state index in [-0.39, 0.29) is 17.6 Å². The predicted molar refractivity (Wildman–Crippen MR) is 134 cm³/mol. The van der Waals surface area contributed by atoms with Crippen LogP contribution in [0.4, 0.5) is 13.2 Å². The molecule has 1 aromatic carbocycles. The predicted octanol–water partition coefficient (Wildman–Crippen LogP) is 4.48. The van der Waals surface area contributed by atoms with Crippen LogP contribution >= 0.6 is 0 Å². The molecular formula is C30H31F3O7. The van der Waals surface area contributed by atoms with Crippen LogP contribution in [0.2, 0.25) is 0 Å². The molecular weight excluding hydrogens is 529 g/mol. The number of ketones is 1. The molecule has 2 spiro atoms. The highest BCUT2D eigenvalue weighted by atomic mass is 19.4. The van der Waals surface area contributed by atoms with Crippen molar-refractivity contribution in [1.82, 2.24) is 0 Å². The third kappa shape index (κ3) is 3.54. The van der Waals surface area contributed by atoms with Gasteiger partial charge in [0.1, 0.15) is 12.2 Å². The lowest BCUT2D eigenvalue weighted by Gasteiger charge is -2.62. The minimum Gasteiger partial charge on any atom is -0.461 e. The van der Waals surface area contributed by atoms with Crippen LogP contribution in [-0.4, -0.2) is 47.9 Å². The van der Waals surface area contributed by atoms with Gasteiger partial charge in [0.2, 0.25) is 0 Å². The van der Waals surface area contributed by atoms with Gasteiger partial charge < -0.3 is 19.3 Å². The van der Waals surface area contributed by atoms with Gasteiger partial charge in [-0.1, -0.05) is 32.6 Å². The molecule has 3 saturated carbocycles. The minimum absolute atomic E-state index is 0.117. The Hall–Kier alpha value is -2.98. The quantitative estimate of drug-likeness (QED) is 0.331. The summed E-state index contributed by atoms with van der Waals surface area (Å²) in [6.45, 7) is 8.17. The fourth-order valence-electron chi connectivity index (χ4n) is 8.60. The number of Topliss-reactive ketones (excluding diaryl/α,β-unsaturated/α-hetero) is 1. The van der Waals surface area contributed by atoms with E-state index < -0.39 is 76.5 Å². The Morgan fingerprint density at radius 2 is 1.85 bits per heavy atom. The van der Waals surface area contributed by atoms with Gasteiger partial charge in [0.25, 0.3) is 0 Å². The first-order valence-corrected chi connectivity index (χ1v) is 13.5. The van der Waals surface area contributed by atoms with E-state index in [0.717, 1.165) is 18.2 Å². The molecule has 214 valence electrons. The number of hydrogen-bond donors (Lipinski definition) is 1. The summed E-state index contributed by atoms with van der Waals surface area (Å²) in [7, 11) is 0. The molecule has 2 aliphatic heterocycles. The topological polar surface area (TPSA) is 99.1 Å². The third-order valence-electron chi connectivity index (χ3n) is 10.2. The third-order valence-corrected chi connectivity index (χ3v) is 10.2. The maximum Gasteiger partial charge on any atom is 0.416 e. The van der Waals surface area contributed by atoms with Gasteiger partial charge in [-0.3, -0.25) is 9.59 Å². The number of ether oxygens (including phenoxy) is 3. The van der Waals surface area contributed by atoms with E-state index in [0.29, 0.717) is 31.2 Å². The molecule has 5 aliphatic rings. The van der Waals surface area contributed by atoms with Gasteiger partial charge in [-0.15, -0.1) is 0 Å². The summed E-state index contributed by atoms with van der Waals surface area (Å²) < 4.78 is 56.3. The zero-order valence-electron chi connectivity index (χ0n) is 22.2. The Morgan fingerprint density at radius 3 is 2.52 bits per heavy atom. The van der Waals surface area contributed by atoms with E-state index in [4.69, 9.17) is 14.2 Å². The SMILES string of the molecule is C=C1C(=O)C23C(=O)O[C@H]4CCC(C)(C)C5C(O)OCC54[C@@H]2CC[C@@H]1[C@H]3OC(=O)/C=C/c1ccc(C(F)(F)F)cc1. The number of aliphatic hydroxyl groups is 1. The van der Waals surface area contributed by atoms with E-state index >= 15 is 0 Å². The number of carbonyl (C=O) groups is 3. The van der Waals surface area contributed by atoms with E-state index in [1.807, 2.05) is 13.8 Å². The number of esters is 2. The van der Waals surface area contributed by atoms with Crippen LogP contribution in [-0.2, 0) is 34.8 Å². The molecule has 1 aromatic rings. The Balaban J connectivity index is 1.34. The molecule has 4 unspecified atom stereocenters. The summed E-state index contributed by atoms with van der Waals surface area (Å²) in [5.74, 6) is -3.63. The van der Waals surface area contributed by atoms with Crippen molar-refractivity contribution >= 4 is 23.8 Å². The van der Waals surface area contributed by atoms with Crippen molar-refractivity contribution in [2.75, 3.05) is 6.61 Å². The molecule has 2 heterocycles. The number of benzene rings is 1. The Labute approximate surface area is 229 Å². The lowest BCUT2D eigenvalue weighted by Crippen LogP contribution is -2.71. The van der Waals surface area contributed by atoms with Crippen molar-refractivity contribution in [3.63, 3.8) is 0 Å². The van der Waals surface area contributed by atoms with Crippen molar-refractivity contribution in [2.24, 2.45) is 34.0 Å². The number of rotatable bonds is 3. The van der Waals surface area contributed by atoms with Crippen LogP contribution in [0.5, 0.6) is 0 Å². The first-order chi connectivity index (χ1) is 18.7. The summed E-state index contributed by atoms with van der Waals surface area (Å²) in [4.78, 5) is 40.8. The number of halogens is 3. The highest BCUT2D eigenvalue weighted by Crippen LogP contribution is 2.71. The van der Waals surface area contributed by atoms with Crippen LogP contribution < -0.4 is 0 Å². The van der Waals surface area contributed by atoms with Gasteiger partial charge in [0.05, 0.1) is 12.2 Å². The average Bonchev–Trinajstić information content (AvgIpc) is 3.30. The molecule has 10 heteroatoms. The molecule has 0 radical (unpaired) electrons. The van der Waals surface area contributed by atoms with Crippen LogP contribution in [0.15, 0.2) is 42.5 Å². The molecule has 1 N–H and O–H groups in total. The second-order valence-electron chi connectivity index (χ2n) is 12.5. The first-order valence-electron chi connectivity index (χ1n) is 13.5. The van der Waals surface area contributed by atoms with Gasteiger partial charge in [0, 0.05) is 23.3 Å². The molecule has 2 saturated heterocycles. The van der Waals surface area contributed by atoms with Crippen molar-refractivity contribution < 1.29 is 46.9 Å². The molecule has 5 fully saturated rings. The summed E-state index contributed by atoms with van der Waals surface area (Å²) in [5.41, 5.74) is -3.24. The van der Waals surface area contributed by atoms with Crippen molar-refractivity contribution in [3.05, 3.63) is 53.6 Å². The lowest BCUT2D eigenvalue weighted by atomic mass is 9.43. The summed E-state index contributed by atoms with van der Waals surface area (Å²) >= 11 is 0. The minimum atomic E-state index is -4.48. The van der Waals surface area contributed by atoms with Crippen molar-refractivity contribution in [1.29, 1.82) is 0 Å². The molecule has 40 heavy (non-hydrogen) atoms. The van der Waals surface area contributed by atoms with Crippen molar-refractivity contribution in [3.8, 4) is 0 Å². The van der Waals surface area contributed by atoms with Gasteiger partial charge in [-0.25, -0.2) is 4.79 Å². The smallest absolute Gasteiger partial charge is 0.416 e. The summed E-state index contributed by atoms with van der Waals surface area (Å²) in [5, 5.41) is 11.0. The molecule has 0 aromatic heterocycles. The van der Waals surface area contributed by atoms with Gasteiger partial charge >= 0.3 is 18.1 Å². The second-order valence-corrected chi connectivity index (χ2v) is 12.5. The van der Waals surface area contributed by atoms with E-state index in [2.05, 4.69) is 6.58 Å². The van der Waals surface area contributed by atoms with Gasteiger partial charge in [-0.2, -0.15) is 13.2 Å². The molecule has 2 bridgehead atoms. The number of carbonyl (C=O) groups excluding carboxylic acids is 3. The van der Waals surface area contributed by atoms with Crippen LogP contribution in [0.1, 0.15) is 50.7 Å². The summed E-state index contributed by atoms with van der Waals surface area (Å²) in [6.07, 6.45) is -2.66. The second kappa shape index (κ2) is 8.76. The molecule has 3 aliphatic carbocycles. The highest BCUT2D eigenvalue weighted by Gasteiger charge is 2.81. The van der Waals surface area contributed by atoms with Crippen LogP contribution in [0, 0.1) is 34.0 Å². The number of alkyl halides is 3. The maximum absolute atomic E-state index is 13.9. The number of fused-ring (bicyclic) bond motifs is 1. The Bertz CT molecular complexity index is 1320. The highest BCUT2D eigenvalue weighted by molar-refractivity contribution is 6.16. The zero-order valence-corrected chi connectivity index (χ0v) is 22.2. The molecule has 0 amide bonds. The van der Waals surface area contributed by atoms with Gasteiger partial charge in [-0.05, 0) is 66.4 Å². The largest absolute Gasteiger partial charge is 0.461 e. The molecule has 8 atom stereocenters. The van der Waals surface area contributed by atoms with Crippen LogP contribution in [0.25, 0.3) is 6.08 Å². The standard InChI is InChI=1S/C30H31F3O7/c1-15-18-9-10-19-28-14-38-25(36)22(28)27(2,3)13-12-20(28)39-26(37)29(19,23(15)35)24(18)40-21(34)11-6-16-4-7-17(8-5-16)30(31,32)33/h4-8,11,18-20,22,24-25,36H,1,9-10,12-14H2,2-3H3/b11-6+/t18-,19-,20-,22?,24+,25?,28?,29?/m0/s1.